The fraction of sp³-hybridized carbons (Fsp3) is 0.438. The molecular formula is C16H22O4. The maximum atomic E-state index is 11.7. The molecule has 0 atom stereocenters. The van der Waals surface area contributed by atoms with Crippen LogP contribution >= 0.6 is 0 Å². The summed E-state index contributed by atoms with van der Waals surface area (Å²) in [6.45, 7) is 9.93. The van der Waals surface area contributed by atoms with Crippen molar-refractivity contribution >= 4 is 5.97 Å². The molecule has 0 unspecified atom stereocenters. The molecule has 0 heterocycles. The molecule has 20 heavy (non-hydrogen) atoms. The minimum absolute atomic E-state index is 0.231. The van der Waals surface area contributed by atoms with Gasteiger partial charge in [0, 0.05) is 0 Å². The largest absolute Gasteiger partial charge is 0.498 e. The highest BCUT2D eigenvalue weighted by atomic mass is 16.6. The van der Waals surface area contributed by atoms with Crippen LogP contribution in [0.3, 0.4) is 0 Å². The number of ether oxygens (including phenoxy) is 3. The predicted molar refractivity (Wildman–Crippen MR) is 77.6 cm³/mol. The van der Waals surface area contributed by atoms with Gasteiger partial charge in [0.15, 0.2) is 0 Å². The van der Waals surface area contributed by atoms with Crippen LogP contribution in [0.15, 0.2) is 37.1 Å². The van der Waals surface area contributed by atoms with Gasteiger partial charge >= 0.3 is 5.97 Å². The van der Waals surface area contributed by atoms with E-state index in [2.05, 4.69) is 6.58 Å². The molecular weight excluding hydrogens is 256 g/mol. The third-order valence-corrected chi connectivity index (χ3v) is 2.28. The van der Waals surface area contributed by atoms with Crippen molar-refractivity contribution in [3.63, 3.8) is 0 Å². The standard InChI is InChI=1S/C16H22O4/c1-5-18-10-11-19-14-8-6-13(7-9-14)12-15(17)20-16(2,3)4/h5-9H,1,10-12H2,2-4H3. The van der Waals surface area contributed by atoms with Crippen LogP contribution in [0.25, 0.3) is 0 Å². The number of carbonyl (C=O) groups excluding carboxylic acids is 1. The van der Waals surface area contributed by atoms with Gasteiger partial charge in [-0.1, -0.05) is 18.7 Å². The highest BCUT2D eigenvalue weighted by molar-refractivity contribution is 5.73. The van der Waals surface area contributed by atoms with Crippen molar-refractivity contribution in [1.29, 1.82) is 0 Å². The molecule has 0 saturated heterocycles. The molecule has 0 bridgehead atoms. The number of esters is 1. The van der Waals surface area contributed by atoms with Crippen molar-refractivity contribution in [2.75, 3.05) is 13.2 Å². The third kappa shape index (κ3) is 6.83. The van der Waals surface area contributed by atoms with Gasteiger partial charge in [-0.05, 0) is 38.5 Å². The molecule has 0 amide bonds. The smallest absolute Gasteiger partial charge is 0.310 e. The molecule has 1 aromatic rings. The Morgan fingerprint density at radius 1 is 1.20 bits per heavy atom. The molecule has 0 radical (unpaired) electrons. The Morgan fingerprint density at radius 3 is 2.40 bits per heavy atom. The Bertz CT molecular complexity index is 429. The van der Waals surface area contributed by atoms with Crippen molar-refractivity contribution in [1.82, 2.24) is 0 Å². The van der Waals surface area contributed by atoms with E-state index in [9.17, 15) is 4.79 Å². The average Bonchev–Trinajstić information content (AvgIpc) is 2.34. The number of benzene rings is 1. The molecule has 0 aliphatic rings. The van der Waals surface area contributed by atoms with E-state index < -0.39 is 5.60 Å². The summed E-state index contributed by atoms with van der Waals surface area (Å²) < 4.78 is 15.7. The zero-order valence-corrected chi connectivity index (χ0v) is 12.3. The normalized spacial score (nSPS) is 10.8. The summed E-state index contributed by atoms with van der Waals surface area (Å²) in [6.07, 6.45) is 1.64. The van der Waals surface area contributed by atoms with Gasteiger partial charge < -0.3 is 14.2 Å². The minimum Gasteiger partial charge on any atom is -0.498 e. The van der Waals surface area contributed by atoms with E-state index in [0.29, 0.717) is 13.2 Å². The Morgan fingerprint density at radius 2 is 1.85 bits per heavy atom. The highest BCUT2D eigenvalue weighted by Gasteiger charge is 2.16. The van der Waals surface area contributed by atoms with Gasteiger partial charge in [-0.15, -0.1) is 0 Å². The van der Waals surface area contributed by atoms with E-state index >= 15 is 0 Å². The molecule has 0 spiro atoms. The lowest BCUT2D eigenvalue weighted by atomic mass is 10.1. The van der Waals surface area contributed by atoms with Crippen LogP contribution in [0.4, 0.5) is 0 Å². The SMILES string of the molecule is C=COCCOc1ccc(CC(=O)OC(C)(C)C)cc1. The van der Waals surface area contributed by atoms with E-state index in [1.54, 1.807) is 0 Å². The lowest BCUT2D eigenvalue weighted by molar-refractivity contribution is -0.153. The van der Waals surface area contributed by atoms with Crippen LogP contribution in [0.5, 0.6) is 5.75 Å². The molecule has 0 N–H and O–H groups in total. The van der Waals surface area contributed by atoms with Crippen molar-refractivity contribution in [3.8, 4) is 5.75 Å². The fourth-order valence-electron chi connectivity index (χ4n) is 1.54. The number of carbonyl (C=O) groups is 1. The first-order valence-corrected chi connectivity index (χ1v) is 6.57. The molecule has 0 fully saturated rings. The zero-order valence-electron chi connectivity index (χ0n) is 12.3. The van der Waals surface area contributed by atoms with Gasteiger partial charge in [-0.3, -0.25) is 4.79 Å². The summed E-state index contributed by atoms with van der Waals surface area (Å²) in [5.74, 6) is 0.510. The first kappa shape index (κ1) is 16.1. The van der Waals surface area contributed by atoms with Gasteiger partial charge in [-0.2, -0.15) is 0 Å². The van der Waals surface area contributed by atoms with Gasteiger partial charge in [0.2, 0.25) is 0 Å². The van der Waals surface area contributed by atoms with Crippen LogP contribution in [-0.2, 0) is 20.7 Å². The van der Waals surface area contributed by atoms with Crippen molar-refractivity contribution < 1.29 is 19.0 Å². The predicted octanol–water partition coefficient (Wildman–Crippen LogP) is 3.11. The molecule has 0 aromatic heterocycles. The number of rotatable bonds is 7. The second kappa shape index (κ2) is 7.58. The fourth-order valence-corrected chi connectivity index (χ4v) is 1.54. The lowest BCUT2D eigenvalue weighted by Crippen LogP contribution is -2.24. The van der Waals surface area contributed by atoms with Crippen LogP contribution in [0, 0.1) is 0 Å². The quantitative estimate of drug-likeness (QED) is 0.437. The monoisotopic (exact) mass is 278 g/mol. The summed E-state index contributed by atoms with van der Waals surface area (Å²) in [7, 11) is 0. The summed E-state index contributed by atoms with van der Waals surface area (Å²) in [6, 6.07) is 7.36. The number of hydrogen-bond acceptors (Lipinski definition) is 4. The van der Waals surface area contributed by atoms with Crippen LogP contribution < -0.4 is 4.74 Å². The summed E-state index contributed by atoms with van der Waals surface area (Å²) >= 11 is 0. The zero-order chi connectivity index (χ0) is 15.0. The Labute approximate surface area is 120 Å². The Balaban J connectivity index is 2.42. The molecule has 0 aliphatic carbocycles. The van der Waals surface area contributed by atoms with Crippen LogP contribution in [-0.4, -0.2) is 24.8 Å². The van der Waals surface area contributed by atoms with Gasteiger partial charge in [0.05, 0.1) is 12.7 Å². The Kier molecular flexibility index (Phi) is 6.10. The molecule has 110 valence electrons. The summed E-state index contributed by atoms with van der Waals surface area (Å²) in [5.41, 5.74) is 0.444. The first-order valence-electron chi connectivity index (χ1n) is 6.57. The van der Waals surface area contributed by atoms with E-state index in [4.69, 9.17) is 14.2 Å². The Hall–Kier alpha value is -1.97. The molecule has 4 heteroatoms. The van der Waals surface area contributed by atoms with Crippen molar-refractivity contribution in [2.45, 2.75) is 32.8 Å². The van der Waals surface area contributed by atoms with Gasteiger partial charge in [0.25, 0.3) is 0 Å². The second-order valence-electron chi connectivity index (χ2n) is 5.29. The first-order chi connectivity index (χ1) is 9.40. The summed E-state index contributed by atoms with van der Waals surface area (Å²) in [5, 5.41) is 0. The van der Waals surface area contributed by atoms with E-state index in [-0.39, 0.29) is 12.4 Å². The highest BCUT2D eigenvalue weighted by Crippen LogP contribution is 2.14. The molecule has 0 aliphatic heterocycles. The maximum absolute atomic E-state index is 11.7. The average molecular weight is 278 g/mol. The molecule has 1 rings (SSSR count). The second-order valence-corrected chi connectivity index (χ2v) is 5.29. The molecule has 1 aromatic carbocycles. The van der Waals surface area contributed by atoms with Crippen molar-refractivity contribution in [2.24, 2.45) is 0 Å². The van der Waals surface area contributed by atoms with Crippen LogP contribution in [0.2, 0.25) is 0 Å². The van der Waals surface area contributed by atoms with E-state index in [0.717, 1.165) is 11.3 Å². The van der Waals surface area contributed by atoms with Crippen LogP contribution in [0.1, 0.15) is 26.3 Å². The number of hydrogen-bond donors (Lipinski definition) is 0. The van der Waals surface area contributed by atoms with E-state index in [1.165, 1.54) is 6.26 Å². The molecule has 0 saturated carbocycles. The van der Waals surface area contributed by atoms with Gasteiger partial charge in [-0.25, -0.2) is 0 Å². The van der Waals surface area contributed by atoms with Gasteiger partial charge in [0.1, 0.15) is 24.6 Å². The lowest BCUT2D eigenvalue weighted by Gasteiger charge is -2.19. The minimum atomic E-state index is -0.453. The van der Waals surface area contributed by atoms with E-state index in [1.807, 2.05) is 45.0 Å². The maximum Gasteiger partial charge on any atom is 0.310 e. The topological polar surface area (TPSA) is 44.8 Å². The third-order valence-electron chi connectivity index (χ3n) is 2.28. The van der Waals surface area contributed by atoms with Crippen molar-refractivity contribution in [3.05, 3.63) is 42.7 Å². The summed E-state index contributed by atoms with van der Waals surface area (Å²) in [4.78, 5) is 11.7. The molecule has 4 nitrogen and oxygen atoms in total.